The molecule has 2 aromatic rings. The summed E-state index contributed by atoms with van der Waals surface area (Å²) >= 11 is 0. The average molecular weight is 386 g/mol. The number of fused-ring (bicyclic) bond motifs is 1. The number of carbonyl (C=O) groups is 1. The van der Waals surface area contributed by atoms with Crippen LogP contribution in [-0.4, -0.2) is 53.1 Å². The number of pyridine rings is 1. The molecule has 7 heteroatoms. The fourth-order valence-electron chi connectivity index (χ4n) is 3.65. The van der Waals surface area contributed by atoms with Gasteiger partial charge >= 0.3 is 0 Å². The molecular formula is C21H30N4O3. The van der Waals surface area contributed by atoms with Crippen molar-refractivity contribution in [3.05, 3.63) is 23.5 Å². The second-order valence-electron chi connectivity index (χ2n) is 8.11. The minimum absolute atomic E-state index is 0.0586. The number of hydrogen-bond acceptors (Lipinski definition) is 5. The van der Waals surface area contributed by atoms with Crippen LogP contribution in [0, 0.1) is 0 Å². The van der Waals surface area contributed by atoms with Crippen molar-refractivity contribution in [3.63, 3.8) is 0 Å². The van der Waals surface area contributed by atoms with Gasteiger partial charge in [-0.25, -0.2) is 9.67 Å². The molecular weight excluding hydrogens is 356 g/mol. The van der Waals surface area contributed by atoms with Gasteiger partial charge in [0.15, 0.2) is 5.65 Å². The van der Waals surface area contributed by atoms with Gasteiger partial charge in [0.05, 0.1) is 29.9 Å². The molecule has 7 nitrogen and oxygen atoms in total. The number of nitrogens with one attached hydrogen (secondary N) is 1. The zero-order chi connectivity index (χ0) is 19.5. The van der Waals surface area contributed by atoms with E-state index < -0.39 is 0 Å². The first-order valence-electron chi connectivity index (χ1n) is 10.5. The topological polar surface area (TPSA) is 78.3 Å². The first-order valence-corrected chi connectivity index (χ1v) is 10.5. The van der Waals surface area contributed by atoms with Gasteiger partial charge in [-0.2, -0.15) is 5.10 Å². The van der Waals surface area contributed by atoms with Gasteiger partial charge in [-0.15, -0.1) is 0 Å². The van der Waals surface area contributed by atoms with Crippen LogP contribution in [0.1, 0.15) is 74.0 Å². The highest BCUT2D eigenvalue weighted by atomic mass is 16.5. The van der Waals surface area contributed by atoms with Crippen LogP contribution in [-0.2, 0) is 9.47 Å². The molecule has 1 amide bonds. The number of carbonyl (C=O) groups excluding carboxylic acids is 1. The predicted molar refractivity (Wildman–Crippen MR) is 107 cm³/mol. The third-order valence-corrected chi connectivity index (χ3v) is 5.39. The Kier molecular flexibility index (Phi) is 5.92. The van der Waals surface area contributed by atoms with Crippen molar-refractivity contribution in [2.24, 2.45) is 0 Å². The van der Waals surface area contributed by atoms with Gasteiger partial charge < -0.3 is 14.8 Å². The van der Waals surface area contributed by atoms with Crippen LogP contribution >= 0.6 is 0 Å². The zero-order valence-electron chi connectivity index (χ0n) is 16.8. The molecule has 152 valence electrons. The van der Waals surface area contributed by atoms with Crippen LogP contribution in [0.5, 0.6) is 0 Å². The molecule has 28 heavy (non-hydrogen) atoms. The monoisotopic (exact) mass is 386 g/mol. The van der Waals surface area contributed by atoms with E-state index in [0.29, 0.717) is 31.2 Å². The number of aromatic nitrogens is 3. The molecule has 0 bridgehead atoms. The Bertz CT molecular complexity index is 822. The molecule has 1 aliphatic heterocycles. The number of nitrogens with zero attached hydrogens (tertiary/aromatic N) is 3. The molecule has 1 saturated heterocycles. The summed E-state index contributed by atoms with van der Waals surface area (Å²) < 4.78 is 13.1. The van der Waals surface area contributed by atoms with E-state index in [1.165, 1.54) is 0 Å². The normalized spacial score (nSPS) is 19.6. The Morgan fingerprint density at radius 1 is 1.39 bits per heavy atom. The van der Waals surface area contributed by atoms with Crippen LogP contribution in [0.15, 0.2) is 12.3 Å². The Balaban J connectivity index is 1.36. The van der Waals surface area contributed by atoms with Gasteiger partial charge in [-0.05, 0) is 52.0 Å². The van der Waals surface area contributed by atoms with E-state index >= 15 is 0 Å². The summed E-state index contributed by atoms with van der Waals surface area (Å²) in [7, 11) is 0. The molecule has 0 radical (unpaired) electrons. The second kappa shape index (κ2) is 8.57. The number of ether oxygens (including phenoxy) is 2. The SMILES string of the molecule is CC(C)n1ncc2c(C(=O)NCCCOCC3CCCO3)cc(C3CC3)nc21. The summed E-state index contributed by atoms with van der Waals surface area (Å²) in [6.07, 6.45) is 7.31. The van der Waals surface area contributed by atoms with Crippen molar-refractivity contribution in [2.75, 3.05) is 26.4 Å². The molecule has 1 aliphatic carbocycles. The van der Waals surface area contributed by atoms with E-state index in [0.717, 1.165) is 55.4 Å². The molecule has 3 heterocycles. The standard InChI is InChI=1S/C21H30N4O3/c1-14(2)25-20-18(12-23-25)17(11-19(24-20)15-6-7-15)21(26)22-8-4-9-27-13-16-5-3-10-28-16/h11-12,14-16H,3-10,13H2,1-2H3,(H,22,26). The van der Waals surface area contributed by atoms with Gasteiger partial charge in [0.1, 0.15) is 0 Å². The molecule has 4 rings (SSSR count). The maximum atomic E-state index is 12.8. The molecule has 0 spiro atoms. The van der Waals surface area contributed by atoms with Crippen LogP contribution < -0.4 is 5.32 Å². The molecule has 1 saturated carbocycles. The van der Waals surface area contributed by atoms with Gasteiger partial charge in [-0.3, -0.25) is 4.79 Å². The fourth-order valence-corrected chi connectivity index (χ4v) is 3.65. The highest BCUT2D eigenvalue weighted by molar-refractivity contribution is 6.05. The van der Waals surface area contributed by atoms with Crippen molar-refractivity contribution < 1.29 is 14.3 Å². The van der Waals surface area contributed by atoms with E-state index in [4.69, 9.17) is 14.5 Å². The summed E-state index contributed by atoms with van der Waals surface area (Å²) in [5.74, 6) is 0.425. The first kappa shape index (κ1) is 19.3. The summed E-state index contributed by atoms with van der Waals surface area (Å²) in [6.45, 7) is 6.87. The molecule has 1 atom stereocenters. The lowest BCUT2D eigenvalue weighted by Gasteiger charge is -2.11. The van der Waals surface area contributed by atoms with E-state index in [2.05, 4.69) is 24.3 Å². The van der Waals surface area contributed by atoms with E-state index in [-0.39, 0.29) is 18.1 Å². The quantitative estimate of drug-likeness (QED) is 0.670. The van der Waals surface area contributed by atoms with Crippen LogP contribution in [0.3, 0.4) is 0 Å². The third-order valence-electron chi connectivity index (χ3n) is 5.39. The van der Waals surface area contributed by atoms with Crippen molar-refractivity contribution >= 4 is 16.9 Å². The summed E-state index contributed by atoms with van der Waals surface area (Å²) in [6, 6.07) is 2.16. The summed E-state index contributed by atoms with van der Waals surface area (Å²) in [4.78, 5) is 17.6. The molecule has 1 N–H and O–H groups in total. The lowest BCUT2D eigenvalue weighted by atomic mass is 10.1. The first-order chi connectivity index (χ1) is 13.6. The van der Waals surface area contributed by atoms with Crippen LogP contribution in [0.4, 0.5) is 0 Å². The summed E-state index contributed by atoms with van der Waals surface area (Å²) in [5.41, 5.74) is 2.50. The van der Waals surface area contributed by atoms with Gasteiger partial charge in [0, 0.05) is 37.4 Å². The third kappa shape index (κ3) is 4.36. The van der Waals surface area contributed by atoms with E-state index in [1.807, 2.05) is 10.7 Å². The van der Waals surface area contributed by atoms with E-state index in [1.54, 1.807) is 6.20 Å². The molecule has 0 aromatic carbocycles. The Hall–Kier alpha value is -1.99. The van der Waals surface area contributed by atoms with Gasteiger partial charge in [-0.1, -0.05) is 0 Å². The smallest absolute Gasteiger partial charge is 0.252 e. The Morgan fingerprint density at radius 3 is 2.96 bits per heavy atom. The predicted octanol–water partition coefficient (Wildman–Crippen LogP) is 3.21. The minimum atomic E-state index is -0.0586. The van der Waals surface area contributed by atoms with E-state index in [9.17, 15) is 4.79 Å². The molecule has 2 aromatic heterocycles. The van der Waals surface area contributed by atoms with Crippen molar-refractivity contribution in [1.29, 1.82) is 0 Å². The lowest BCUT2D eigenvalue weighted by Crippen LogP contribution is -2.26. The largest absolute Gasteiger partial charge is 0.379 e. The van der Waals surface area contributed by atoms with Crippen molar-refractivity contribution in [1.82, 2.24) is 20.1 Å². The fraction of sp³-hybridized carbons (Fsp3) is 0.667. The highest BCUT2D eigenvalue weighted by Crippen LogP contribution is 2.40. The zero-order valence-corrected chi connectivity index (χ0v) is 16.8. The van der Waals surface area contributed by atoms with Gasteiger partial charge in [0.2, 0.25) is 0 Å². The average Bonchev–Trinajstić information content (AvgIpc) is 3.23. The van der Waals surface area contributed by atoms with Crippen molar-refractivity contribution in [2.45, 2.75) is 64.0 Å². The number of rotatable bonds is 9. The summed E-state index contributed by atoms with van der Waals surface area (Å²) in [5, 5.41) is 8.31. The maximum Gasteiger partial charge on any atom is 0.252 e. The highest BCUT2D eigenvalue weighted by Gasteiger charge is 2.28. The number of hydrogen-bond donors (Lipinski definition) is 1. The lowest BCUT2D eigenvalue weighted by molar-refractivity contribution is 0.0166. The Morgan fingerprint density at radius 2 is 2.25 bits per heavy atom. The van der Waals surface area contributed by atoms with Crippen LogP contribution in [0.25, 0.3) is 11.0 Å². The maximum absolute atomic E-state index is 12.8. The molecule has 2 aliphatic rings. The van der Waals surface area contributed by atoms with Crippen molar-refractivity contribution in [3.8, 4) is 0 Å². The minimum Gasteiger partial charge on any atom is -0.379 e. The second-order valence-corrected chi connectivity index (χ2v) is 8.11. The van der Waals surface area contributed by atoms with Crippen LogP contribution in [0.2, 0.25) is 0 Å². The molecule has 2 fully saturated rings. The Labute approximate surface area is 165 Å². The molecule has 1 unspecified atom stereocenters. The number of amides is 1. The van der Waals surface area contributed by atoms with Gasteiger partial charge in [0.25, 0.3) is 5.91 Å².